The molecule has 150 valence electrons. The van der Waals surface area contributed by atoms with Gasteiger partial charge < -0.3 is 19.5 Å². The fraction of sp³-hybridized carbons (Fsp3) is 0.550. The van der Waals surface area contributed by atoms with Crippen molar-refractivity contribution in [2.75, 3.05) is 20.3 Å². The van der Waals surface area contributed by atoms with E-state index < -0.39 is 30.5 Å². The standard InChI is InChI=1S/C20H29NO6/c1-14(2)11-17(20(24)25-4)21-18(22)13-27-19(23)9-6-10-26-16-8-5-7-15(3)12-16/h5,7-8,12,14,17H,6,9-11,13H2,1-4H3,(H,21,22). The van der Waals surface area contributed by atoms with Crippen molar-refractivity contribution >= 4 is 17.8 Å². The van der Waals surface area contributed by atoms with Gasteiger partial charge in [0.1, 0.15) is 11.8 Å². The largest absolute Gasteiger partial charge is 0.494 e. The Morgan fingerprint density at radius 2 is 1.93 bits per heavy atom. The summed E-state index contributed by atoms with van der Waals surface area (Å²) in [7, 11) is 1.26. The van der Waals surface area contributed by atoms with Crippen LogP contribution in [-0.4, -0.2) is 44.2 Å². The molecule has 1 aromatic carbocycles. The summed E-state index contributed by atoms with van der Waals surface area (Å²) in [6, 6.07) is 6.89. The fourth-order valence-electron chi connectivity index (χ4n) is 2.39. The Hall–Kier alpha value is -2.57. The molecule has 7 heteroatoms. The topological polar surface area (TPSA) is 90.9 Å². The van der Waals surface area contributed by atoms with Crippen LogP contribution in [0.2, 0.25) is 0 Å². The molecular formula is C20H29NO6. The van der Waals surface area contributed by atoms with Crippen LogP contribution in [-0.2, 0) is 23.9 Å². The molecule has 1 amide bonds. The van der Waals surface area contributed by atoms with Gasteiger partial charge in [-0.05, 0) is 43.4 Å². The van der Waals surface area contributed by atoms with Crippen molar-refractivity contribution in [1.29, 1.82) is 0 Å². The lowest BCUT2D eigenvalue weighted by Gasteiger charge is -2.18. The minimum Gasteiger partial charge on any atom is -0.494 e. The first kappa shape index (κ1) is 22.5. The number of carbonyl (C=O) groups is 3. The normalized spacial score (nSPS) is 11.6. The van der Waals surface area contributed by atoms with Gasteiger partial charge in [0.25, 0.3) is 5.91 Å². The number of nitrogens with one attached hydrogen (secondary N) is 1. The first-order valence-corrected chi connectivity index (χ1v) is 9.04. The summed E-state index contributed by atoms with van der Waals surface area (Å²) in [6.45, 7) is 5.79. The lowest BCUT2D eigenvalue weighted by Crippen LogP contribution is -2.44. The molecule has 0 saturated carbocycles. The Morgan fingerprint density at radius 1 is 1.19 bits per heavy atom. The summed E-state index contributed by atoms with van der Waals surface area (Å²) in [5.74, 6) is -0.587. The van der Waals surface area contributed by atoms with Crippen LogP contribution in [0.25, 0.3) is 0 Å². The number of aryl methyl sites for hydroxylation is 1. The van der Waals surface area contributed by atoms with Crippen LogP contribution in [0.15, 0.2) is 24.3 Å². The molecule has 27 heavy (non-hydrogen) atoms. The second-order valence-corrected chi connectivity index (χ2v) is 6.70. The number of ether oxygens (including phenoxy) is 3. The summed E-state index contributed by atoms with van der Waals surface area (Å²) < 4.78 is 15.2. The molecule has 1 N–H and O–H groups in total. The number of methoxy groups -OCH3 is 1. The number of esters is 2. The Morgan fingerprint density at radius 3 is 2.56 bits per heavy atom. The van der Waals surface area contributed by atoms with Crippen LogP contribution < -0.4 is 10.1 Å². The van der Waals surface area contributed by atoms with Crippen LogP contribution in [0, 0.1) is 12.8 Å². The summed E-state index contributed by atoms with van der Waals surface area (Å²) in [5, 5.41) is 2.53. The predicted molar refractivity (Wildman–Crippen MR) is 100 cm³/mol. The smallest absolute Gasteiger partial charge is 0.328 e. The Balaban J connectivity index is 2.26. The van der Waals surface area contributed by atoms with Gasteiger partial charge in [0.15, 0.2) is 6.61 Å². The molecule has 7 nitrogen and oxygen atoms in total. The van der Waals surface area contributed by atoms with E-state index in [1.54, 1.807) is 0 Å². The number of carbonyl (C=O) groups excluding carboxylic acids is 3. The highest BCUT2D eigenvalue weighted by atomic mass is 16.5. The third-order valence-corrected chi connectivity index (χ3v) is 3.68. The van der Waals surface area contributed by atoms with Crippen LogP contribution in [0.1, 0.15) is 38.7 Å². The molecule has 0 aliphatic carbocycles. The van der Waals surface area contributed by atoms with Gasteiger partial charge in [-0.25, -0.2) is 4.79 Å². The number of hydrogen-bond donors (Lipinski definition) is 1. The number of amides is 1. The van der Waals surface area contributed by atoms with Gasteiger partial charge in [-0.15, -0.1) is 0 Å². The van der Waals surface area contributed by atoms with Crippen molar-refractivity contribution in [1.82, 2.24) is 5.32 Å². The molecule has 1 unspecified atom stereocenters. The molecule has 0 spiro atoms. The maximum absolute atomic E-state index is 11.9. The maximum Gasteiger partial charge on any atom is 0.328 e. The van der Waals surface area contributed by atoms with Crippen LogP contribution >= 0.6 is 0 Å². The van der Waals surface area contributed by atoms with E-state index in [9.17, 15) is 14.4 Å². The van der Waals surface area contributed by atoms with E-state index in [0.29, 0.717) is 19.4 Å². The molecule has 0 aromatic heterocycles. The Kier molecular flexibility index (Phi) is 9.93. The van der Waals surface area contributed by atoms with Gasteiger partial charge in [0, 0.05) is 6.42 Å². The zero-order chi connectivity index (χ0) is 20.2. The first-order chi connectivity index (χ1) is 12.8. The quantitative estimate of drug-likeness (QED) is 0.469. The minimum absolute atomic E-state index is 0.144. The number of hydrogen-bond acceptors (Lipinski definition) is 6. The molecule has 0 radical (unpaired) electrons. The molecular weight excluding hydrogens is 350 g/mol. The molecule has 0 bridgehead atoms. The van der Waals surface area contributed by atoms with Gasteiger partial charge in [-0.1, -0.05) is 26.0 Å². The SMILES string of the molecule is COC(=O)C(CC(C)C)NC(=O)COC(=O)CCCOc1cccc(C)c1. The third kappa shape index (κ3) is 9.63. The van der Waals surface area contributed by atoms with E-state index in [0.717, 1.165) is 11.3 Å². The summed E-state index contributed by atoms with van der Waals surface area (Å²) in [5.41, 5.74) is 1.10. The maximum atomic E-state index is 11.9. The minimum atomic E-state index is -0.746. The summed E-state index contributed by atoms with van der Waals surface area (Å²) in [6.07, 6.45) is 1.07. The third-order valence-electron chi connectivity index (χ3n) is 3.68. The van der Waals surface area contributed by atoms with Crippen molar-refractivity contribution in [3.05, 3.63) is 29.8 Å². The van der Waals surface area contributed by atoms with Gasteiger partial charge in [0.05, 0.1) is 13.7 Å². The molecule has 1 rings (SSSR count). The molecule has 0 heterocycles. The molecule has 0 saturated heterocycles. The molecule has 0 aliphatic rings. The highest BCUT2D eigenvalue weighted by Crippen LogP contribution is 2.12. The summed E-state index contributed by atoms with van der Waals surface area (Å²) >= 11 is 0. The lowest BCUT2D eigenvalue weighted by molar-refractivity contribution is -0.150. The highest BCUT2D eigenvalue weighted by molar-refractivity contribution is 5.86. The van der Waals surface area contributed by atoms with Gasteiger partial charge in [-0.3, -0.25) is 9.59 Å². The Labute approximate surface area is 160 Å². The summed E-state index contributed by atoms with van der Waals surface area (Å²) in [4.78, 5) is 35.3. The van der Waals surface area contributed by atoms with E-state index in [-0.39, 0.29) is 12.3 Å². The van der Waals surface area contributed by atoms with Crippen molar-refractivity contribution in [2.45, 2.75) is 46.1 Å². The predicted octanol–water partition coefficient (Wildman–Crippen LogP) is 2.40. The van der Waals surface area contributed by atoms with Crippen LogP contribution in [0.5, 0.6) is 5.75 Å². The molecule has 1 atom stereocenters. The van der Waals surface area contributed by atoms with Gasteiger partial charge in [-0.2, -0.15) is 0 Å². The average Bonchev–Trinajstić information content (AvgIpc) is 2.62. The van der Waals surface area contributed by atoms with Gasteiger partial charge >= 0.3 is 11.9 Å². The van der Waals surface area contributed by atoms with E-state index in [4.69, 9.17) is 9.47 Å². The van der Waals surface area contributed by atoms with E-state index in [1.165, 1.54) is 7.11 Å². The van der Waals surface area contributed by atoms with Crippen LogP contribution in [0.3, 0.4) is 0 Å². The zero-order valence-corrected chi connectivity index (χ0v) is 16.4. The molecule has 0 fully saturated rings. The Bertz CT molecular complexity index is 629. The van der Waals surface area contributed by atoms with Gasteiger partial charge in [0.2, 0.25) is 0 Å². The number of rotatable bonds is 11. The number of benzene rings is 1. The van der Waals surface area contributed by atoms with Crippen molar-refractivity contribution in [3.63, 3.8) is 0 Å². The monoisotopic (exact) mass is 379 g/mol. The van der Waals surface area contributed by atoms with E-state index in [2.05, 4.69) is 10.1 Å². The zero-order valence-electron chi connectivity index (χ0n) is 16.4. The highest BCUT2D eigenvalue weighted by Gasteiger charge is 2.23. The van der Waals surface area contributed by atoms with E-state index in [1.807, 2.05) is 45.0 Å². The first-order valence-electron chi connectivity index (χ1n) is 9.04. The second kappa shape index (κ2) is 11.9. The van der Waals surface area contributed by atoms with Crippen molar-refractivity contribution < 1.29 is 28.6 Å². The van der Waals surface area contributed by atoms with Crippen LogP contribution in [0.4, 0.5) is 0 Å². The van der Waals surface area contributed by atoms with Crippen molar-refractivity contribution in [3.8, 4) is 5.75 Å². The van der Waals surface area contributed by atoms with E-state index >= 15 is 0 Å². The average molecular weight is 379 g/mol. The second-order valence-electron chi connectivity index (χ2n) is 6.70. The fourth-order valence-corrected chi connectivity index (χ4v) is 2.39. The lowest BCUT2D eigenvalue weighted by atomic mass is 10.0. The molecule has 0 aliphatic heterocycles. The van der Waals surface area contributed by atoms with Crippen molar-refractivity contribution in [2.24, 2.45) is 5.92 Å². The molecule has 1 aromatic rings.